The van der Waals surface area contributed by atoms with E-state index in [1.807, 2.05) is 24.3 Å². The third-order valence-corrected chi connectivity index (χ3v) is 5.96. The van der Waals surface area contributed by atoms with Crippen molar-refractivity contribution in [3.8, 4) is 11.1 Å². The maximum atomic E-state index is 12.3. The Kier molecular flexibility index (Phi) is 12.7. The van der Waals surface area contributed by atoms with Gasteiger partial charge in [0.1, 0.15) is 0 Å². The topological polar surface area (TPSA) is 26.3 Å². The maximum absolute atomic E-state index is 12.3. The lowest BCUT2D eigenvalue weighted by Crippen LogP contribution is -2.06. The van der Waals surface area contributed by atoms with Gasteiger partial charge in [0, 0.05) is 0 Å². The third kappa shape index (κ3) is 10.2. The lowest BCUT2D eigenvalue weighted by molar-refractivity contribution is 0.0497. The van der Waals surface area contributed by atoms with Gasteiger partial charge in [0.25, 0.3) is 0 Å². The van der Waals surface area contributed by atoms with Crippen LogP contribution in [-0.2, 0) is 11.2 Å². The molecule has 0 saturated heterocycles. The van der Waals surface area contributed by atoms with Crippen LogP contribution in [0.3, 0.4) is 0 Å². The van der Waals surface area contributed by atoms with Crippen LogP contribution in [0.25, 0.3) is 11.1 Å². The van der Waals surface area contributed by atoms with E-state index in [1.165, 1.54) is 75.3 Å². The number of unbranched alkanes of at least 4 members (excludes halogenated alkanes) is 10. The summed E-state index contributed by atoms with van der Waals surface area (Å²) in [5.41, 5.74) is 4.34. The summed E-state index contributed by atoms with van der Waals surface area (Å²) >= 11 is 0. The molecule has 170 valence electrons. The molecule has 0 atom stereocenters. The highest BCUT2D eigenvalue weighted by Gasteiger charge is 2.07. The van der Waals surface area contributed by atoms with Crippen LogP contribution in [0.5, 0.6) is 0 Å². The van der Waals surface area contributed by atoms with Gasteiger partial charge in [-0.1, -0.05) is 114 Å². The van der Waals surface area contributed by atoms with Crippen LogP contribution in [0, 0.1) is 0 Å². The van der Waals surface area contributed by atoms with E-state index >= 15 is 0 Å². The Balaban J connectivity index is 1.62. The molecule has 2 heteroatoms. The summed E-state index contributed by atoms with van der Waals surface area (Å²) in [6, 6.07) is 16.5. The maximum Gasteiger partial charge on any atom is 0.338 e. The summed E-state index contributed by atoms with van der Waals surface area (Å²) in [5.74, 6) is -0.211. The lowest BCUT2D eigenvalue weighted by Gasteiger charge is -2.07. The number of benzene rings is 2. The van der Waals surface area contributed by atoms with Crippen molar-refractivity contribution < 1.29 is 9.53 Å². The van der Waals surface area contributed by atoms with E-state index in [0.717, 1.165) is 24.8 Å². The van der Waals surface area contributed by atoms with Crippen LogP contribution in [0.1, 0.15) is 107 Å². The van der Waals surface area contributed by atoms with Gasteiger partial charge in [0.2, 0.25) is 0 Å². The van der Waals surface area contributed by atoms with E-state index in [2.05, 4.69) is 38.1 Å². The van der Waals surface area contributed by atoms with Gasteiger partial charge in [0.05, 0.1) is 12.2 Å². The molecule has 0 aliphatic carbocycles. The zero-order valence-electron chi connectivity index (χ0n) is 19.8. The molecule has 0 heterocycles. The number of ether oxygens (including phenoxy) is 1. The first-order valence-corrected chi connectivity index (χ1v) is 12.6. The highest BCUT2D eigenvalue weighted by Crippen LogP contribution is 2.21. The molecule has 0 aliphatic rings. The molecular weight excluding hydrogens is 380 g/mol. The Morgan fingerprint density at radius 1 is 0.613 bits per heavy atom. The summed E-state index contributed by atoms with van der Waals surface area (Å²) in [6.07, 6.45) is 16.4. The molecule has 0 N–H and O–H groups in total. The van der Waals surface area contributed by atoms with E-state index in [4.69, 9.17) is 4.74 Å². The van der Waals surface area contributed by atoms with Crippen molar-refractivity contribution >= 4 is 5.97 Å². The van der Waals surface area contributed by atoms with Gasteiger partial charge in [-0.3, -0.25) is 0 Å². The normalized spacial score (nSPS) is 10.9. The Bertz CT molecular complexity index is 715. The van der Waals surface area contributed by atoms with E-state index in [1.54, 1.807) is 0 Å². The molecule has 0 amide bonds. The van der Waals surface area contributed by atoms with Crippen molar-refractivity contribution in [3.05, 3.63) is 59.7 Å². The summed E-state index contributed by atoms with van der Waals surface area (Å²) < 4.78 is 5.46. The predicted molar refractivity (Wildman–Crippen MR) is 133 cm³/mol. The minimum atomic E-state index is -0.211. The number of carbonyl (C=O) groups excluding carboxylic acids is 1. The summed E-state index contributed by atoms with van der Waals surface area (Å²) in [4.78, 5) is 12.3. The first kappa shape index (κ1) is 25.2. The van der Waals surface area contributed by atoms with Gasteiger partial charge >= 0.3 is 5.97 Å². The Morgan fingerprint density at radius 3 is 1.65 bits per heavy atom. The van der Waals surface area contributed by atoms with Gasteiger partial charge in [0.15, 0.2) is 0 Å². The van der Waals surface area contributed by atoms with E-state index in [9.17, 15) is 4.79 Å². The second kappa shape index (κ2) is 15.7. The molecule has 2 aromatic rings. The van der Waals surface area contributed by atoms with Gasteiger partial charge in [-0.15, -0.1) is 0 Å². The molecular formula is C29H42O2. The first-order chi connectivity index (χ1) is 15.2. The largest absolute Gasteiger partial charge is 0.462 e. The molecule has 0 bridgehead atoms. The summed E-state index contributed by atoms with van der Waals surface area (Å²) in [7, 11) is 0. The van der Waals surface area contributed by atoms with E-state index < -0.39 is 0 Å². The van der Waals surface area contributed by atoms with Crippen LogP contribution in [-0.4, -0.2) is 12.6 Å². The van der Waals surface area contributed by atoms with Crippen LogP contribution >= 0.6 is 0 Å². The summed E-state index contributed by atoms with van der Waals surface area (Å²) in [5, 5.41) is 0. The number of rotatable bonds is 16. The molecule has 0 aromatic heterocycles. The molecule has 31 heavy (non-hydrogen) atoms. The van der Waals surface area contributed by atoms with Crippen molar-refractivity contribution in [1.29, 1.82) is 0 Å². The highest BCUT2D eigenvalue weighted by molar-refractivity contribution is 5.90. The van der Waals surface area contributed by atoms with Crippen LogP contribution < -0.4 is 0 Å². The van der Waals surface area contributed by atoms with Crippen molar-refractivity contribution in [2.24, 2.45) is 0 Å². The van der Waals surface area contributed by atoms with E-state index in [0.29, 0.717) is 12.2 Å². The highest BCUT2D eigenvalue weighted by atomic mass is 16.5. The molecule has 0 saturated carbocycles. The van der Waals surface area contributed by atoms with Gasteiger partial charge in [-0.25, -0.2) is 4.79 Å². The number of hydrogen-bond donors (Lipinski definition) is 0. The number of carbonyl (C=O) groups is 1. The molecule has 2 nitrogen and oxygen atoms in total. The Hall–Kier alpha value is -2.09. The van der Waals surface area contributed by atoms with Gasteiger partial charge in [-0.2, -0.15) is 0 Å². The standard InChI is InChI=1S/C29H42O2/c1-3-5-7-8-9-10-11-12-13-14-24-31-29(30)28-22-20-27(21-23-28)26-18-16-25(17-19-26)15-6-4-2/h16-23H,3-15,24H2,1-2H3. The fraction of sp³-hybridized carbons (Fsp3) is 0.552. The van der Waals surface area contributed by atoms with Gasteiger partial charge < -0.3 is 4.74 Å². The SMILES string of the molecule is CCCCCCCCCCCCOC(=O)c1ccc(-c2ccc(CCCC)cc2)cc1. The average molecular weight is 423 g/mol. The van der Waals surface area contributed by atoms with Crippen molar-refractivity contribution in [2.45, 2.75) is 97.3 Å². The number of esters is 1. The third-order valence-electron chi connectivity index (χ3n) is 5.96. The second-order valence-corrected chi connectivity index (χ2v) is 8.70. The quantitative estimate of drug-likeness (QED) is 0.199. The fourth-order valence-corrected chi connectivity index (χ4v) is 3.88. The van der Waals surface area contributed by atoms with Crippen LogP contribution in [0.15, 0.2) is 48.5 Å². The first-order valence-electron chi connectivity index (χ1n) is 12.6. The average Bonchev–Trinajstić information content (AvgIpc) is 2.81. The zero-order chi connectivity index (χ0) is 22.2. The number of hydrogen-bond acceptors (Lipinski definition) is 2. The monoisotopic (exact) mass is 422 g/mol. The molecule has 2 rings (SSSR count). The van der Waals surface area contributed by atoms with Gasteiger partial charge in [-0.05, 0) is 48.1 Å². The smallest absolute Gasteiger partial charge is 0.338 e. The molecule has 0 radical (unpaired) electrons. The van der Waals surface area contributed by atoms with Crippen LogP contribution in [0.4, 0.5) is 0 Å². The second-order valence-electron chi connectivity index (χ2n) is 8.70. The van der Waals surface area contributed by atoms with E-state index in [-0.39, 0.29) is 5.97 Å². The zero-order valence-corrected chi connectivity index (χ0v) is 19.8. The lowest BCUT2D eigenvalue weighted by atomic mass is 10.0. The molecule has 0 fully saturated rings. The number of aryl methyl sites for hydroxylation is 1. The van der Waals surface area contributed by atoms with Crippen molar-refractivity contribution in [3.63, 3.8) is 0 Å². The minimum Gasteiger partial charge on any atom is -0.462 e. The minimum absolute atomic E-state index is 0.211. The Morgan fingerprint density at radius 2 is 1.10 bits per heavy atom. The van der Waals surface area contributed by atoms with Crippen LogP contribution in [0.2, 0.25) is 0 Å². The molecule has 2 aromatic carbocycles. The molecule has 0 unspecified atom stereocenters. The predicted octanol–water partition coefficient (Wildman–Crippen LogP) is 8.77. The summed E-state index contributed by atoms with van der Waals surface area (Å²) in [6.45, 7) is 5.00. The molecule has 0 aliphatic heterocycles. The fourth-order valence-electron chi connectivity index (χ4n) is 3.88. The van der Waals surface area contributed by atoms with Crippen molar-refractivity contribution in [1.82, 2.24) is 0 Å². The Labute approximate surface area is 190 Å². The molecule has 0 spiro atoms. The van der Waals surface area contributed by atoms with Crippen molar-refractivity contribution in [2.75, 3.05) is 6.61 Å².